The third kappa shape index (κ3) is 5.51. The summed E-state index contributed by atoms with van der Waals surface area (Å²) in [5.74, 6) is -0.802. The van der Waals surface area contributed by atoms with Crippen LogP contribution < -0.4 is 0 Å². The molecule has 3 nitrogen and oxygen atoms in total. The van der Waals surface area contributed by atoms with Crippen LogP contribution in [0.3, 0.4) is 0 Å². The number of carbonyl (C=O) groups is 1. The Morgan fingerprint density at radius 1 is 1.27 bits per heavy atom. The van der Waals surface area contributed by atoms with Crippen molar-refractivity contribution in [3.8, 4) is 0 Å². The van der Waals surface area contributed by atoms with Crippen LogP contribution in [-0.2, 0) is 9.05 Å². The van der Waals surface area contributed by atoms with E-state index in [2.05, 4.69) is 0 Å². The van der Waals surface area contributed by atoms with Gasteiger partial charge >= 0.3 is 0 Å². The number of hydrogen-bond acceptors (Lipinski definition) is 3. The molecule has 0 heterocycles. The Morgan fingerprint density at radius 2 is 1.82 bits per heavy atom. The Bertz CT molecular complexity index is 698. The Balaban J connectivity index is 0.000000235. The van der Waals surface area contributed by atoms with E-state index in [1.54, 1.807) is 24.3 Å². The van der Waals surface area contributed by atoms with Gasteiger partial charge in [-0.3, -0.25) is 4.79 Å². The van der Waals surface area contributed by atoms with E-state index < -0.39 is 31.0 Å². The third-order valence-electron chi connectivity index (χ3n) is 2.74. The molecular formula is C14H12Cl2F2O3S. The molecule has 0 spiro atoms. The van der Waals surface area contributed by atoms with Crippen LogP contribution >= 0.6 is 22.3 Å². The van der Waals surface area contributed by atoms with Crippen molar-refractivity contribution in [3.05, 3.63) is 60.0 Å². The smallest absolute Gasteiger partial charge is 0.252 e. The van der Waals surface area contributed by atoms with Crippen molar-refractivity contribution in [1.29, 1.82) is 0 Å². The topological polar surface area (TPSA) is 51.2 Å². The van der Waals surface area contributed by atoms with Gasteiger partial charge in [0.2, 0.25) is 9.05 Å². The first-order valence-electron chi connectivity index (χ1n) is 5.98. The van der Waals surface area contributed by atoms with Gasteiger partial charge in [-0.15, -0.1) is 0 Å². The minimum atomic E-state index is -4.14. The van der Waals surface area contributed by atoms with E-state index >= 15 is 0 Å². The van der Waals surface area contributed by atoms with Crippen LogP contribution in [-0.4, -0.2) is 24.6 Å². The summed E-state index contributed by atoms with van der Waals surface area (Å²) < 4.78 is 47.7. The van der Waals surface area contributed by atoms with Crippen molar-refractivity contribution in [3.63, 3.8) is 0 Å². The lowest BCUT2D eigenvalue weighted by molar-refractivity contribution is 0.108. The summed E-state index contributed by atoms with van der Waals surface area (Å²) in [6.07, 6.45) is 2.37. The van der Waals surface area contributed by atoms with Crippen molar-refractivity contribution < 1.29 is 22.0 Å². The van der Waals surface area contributed by atoms with Crippen LogP contribution in [0, 0.1) is 0 Å². The first-order chi connectivity index (χ1) is 10.0. The molecule has 1 aromatic carbocycles. The Labute approximate surface area is 136 Å². The first kappa shape index (κ1) is 18.8. The molecule has 1 aliphatic carbocycles. The third-order valence-corrected chi connectivity index (χ3v) is 4.74. The molecule has 1 aliphatic rings. The number of carbonyl (C=O) groups excluding carboxylic acids is 1. The summed E-state index contributed by atoms with van der Waals surface area (Å²) in [6.45, 7) is 1.02. The monoisotopic (exact) mass is 368 g/mol. The van der Waals surface area contributed by atoms with Crippen molar-refractivity contribution in [2.45, 2.75) is 17.8 Å². The maximum Gasteiger partial charge on any atom is 0.252 e. The highest BCUT2D eigenvalue weighted by molar-refractivity contribution is 8.14. The zero-order valence-electron chi connectivity index (χ0n) is 11.3. The number of benzene rings is 1. The average Bonchev–Trinajstić information content (AvgIpc) is 2.42. The summed E-state index contributed by atoms with van der Waals surface area (Å²) >= 11 is 5.16. The number of alkyl halides is 1. The lowest BCUT2D eigenvalue weighted by Crippen LogP contribution is -2.37. The van der Waals surface area contributed by atoms with Gasteiger partial charge in [0.1, 0.15) is 16.7 Å². The van der Waals surface area contributed by atoms with Gasteiger partial charge in [-0.2, -0.15) is 0 Å². The highest BCUT2D eigenvalue weighted by Crippen LogP contribution is 2.32. The number of allylic oxidation sites excluding steroid dienone is 3. The number of hydrogen-bond donors (Lipinski definition) is 0. The van der Waals surface area contributed by atoms with Crippen molar-refractivity contribution in [2.75, 3.05) is 0 Å². The highest BCUT2D eigenvalue weighted by atomic mass is 35.7. The summed E-state index contributed by atoms with van der Waals surface area (Å²) in [7, 11) is 0.812. The zero-order valence-corrected chi connectivity index (χ0v) is 13.7. The average molecular weight is 369 g/mol. The molecule has 0 saturated heterocycles. The molecule has 2 rings (SSSR count). The first-order valence-corrected chi connectivity index (χ1v) is 8.73. The maximum absolute atomic E-state index is 13.4. The largest absolute Gasteiger partial charge is 0.276 e. The minimum absolute atomic E-state index is 0.407. The molecule has 0 aromatic heterocycles. The molecule has 2 atom stereocenters. The summed E-state index contributed by atoms with van der Waals surface area (Å²) in [5.41, 5.74) is -1.62. The molecule has 2 unspecified atom stereocenters. The lowest BCUT2D eigenvalue weighted by Gasteiger charge is -2.24. The predicted molar refractivity (Wildman–Crippen MR) is 83.0 cm³/mol. The van der Waals surface area contributed by atoms with Gasteiger partial charge in [-0.25, -0.2) is 17.2 Å². The fraction of sp³-hybridized carbons (Fsp3) is 0.214. The van der Waals surface area contributed by atoms with Crippen LogP contribution in [0.4, 0.5) is 8.78 Å². The van der Waals surface area contributed by atoms with Crippen LogP contribution in [0.25, 0.3) is 0 Å². The van der Waals surface area contributed by atoms with E-state index in [9.17, 15) is 22.0 Å². The van der Waals surface area contributed by atoms with Crippen LogP contribution in [0.1, 0.15) is 17.3 Å². The molecule has 120 valence electrons. The number of halogens is 4. The van der Waals surface area contributed by atoms with Gasteiger partial charge in [-0.05, 0) is 36.8 Å². The Morgan fingerprint density at radius 3 is 2.18 bits per heavy atom. The van der Waals surface area contributed by atoms with Gasteiger partial charge in [0, 0.05) is 16.2 Å². The van der Waals surface area contributed by atoms with Crippen molar-refractivity contribution >= 4 is 36.6 Å². The van der Waals surface area contributed by atoms with E-state index in [1.807, 2.05) is 6.07 Å². The van der Waals surface area contributed by atoms with E-state index in [0.29, 0.717) is 11.6 Å². The highest BCUT2D eigenvalue weighted by Gasteiger charge is 2.41. The molecule has 1 aromatic rings. The van der Waals surface area contributed by atoms with Gasteiger partial charge in [0.05, 0.1) is 0 Å². The molecule has 22 heavy (non-hydrogen) atoms. The van der Waals surface area contributed by atoms with Crippen LogP contribution in [0.5, 0.6) is 0 Å². The Kier molecular flexibility index (Phi) is 6.28. The fourth-order valence-corrected chi connectivity index (χ4v) is 3.35. The molecule has 0 fully saturated rings. The SMILES string of the molecule is CC1(F)C=CC(F)=CC1S(=O)(=O)Cl.O=C(Cl)c1ccccc1. The van der Waals surface area contributed by atoms with Gasteiger partial charge in [-0.1, -0.05) is 30.3 Å². The molecule has 0 N–H and O–H groups in total. The van der Waals surface area contributed by atoms with Crippen LogP contribution in [0.15, 0.2) is 54.4 Å². The van der Waals surface area contributed by atoms with Gasteiger partial charge in [0.25, 0.3) is 5.24 Å². The second-order valence-corrected chi connectivity index (χ2v) is 7.66. The van der Waals surface area contributed by atoms with E-state index in [1.165, 1.54) is 0 Å². The molecule has 8 heteroatoms. The molecule has 0 aliphatic heterocycles. The Hall–Kier alpha value is -1.24. The predicted octanol–water partition coefficient (Wildman–Crippen LogP) is 4.14. The zero-order chi connectivity index (χ0) is 17.0. The summed E-state index contributed by atoms with van der Waals surface area (Å²) in [4.78, 5) is 10.4. The maximum atomic E-state index is 13.4. The van der Waals surface area contributed by atoms with Crippen LogP contribution in [0.2, 0.25) is 0 Å². The van der Waals surface area contributed by atoms with Gasteiger partial charge in [0.15, 0.2) is 0 Å². The van der Waals surface area contributed by atoms with E-state index in [4.69, 9.17) is 22.3 Å². The second-order valence-electron chi connectivity index (χ2n) is 4.57. The van der Waals surface area contributed by atoms with E-state index in [0.717, 1.165) is 19.1 Å². The normalized spacial score (nSPS) is 24.0. The molecule has 0 saturated carbocycles. The second kappa shape index (κ2) is 7.35. The summed E-state index contributed by atoms with van der Waals surface area (Å²) in [6, 6.07) is 8.74. The number of rotatable bonds is 2. The summed E-state index contributed by atoms with van der Waals surface area (Å²) in [5, 5.41) is -2.07. The van der Waals surface area contributed by atoms with E-state index in [-0.39, 0.29) is 0 Å². The van der Waals surface area contributed by atoms with Crippen molar-refractivity contribution in [2.24, 2.45) is 0 Å². The quantitative estimate of drug-likeness (QED) is 0.737. The van der Waals surface area contributed by atoms with Crippen molar-refractivity contribution in [1.82, 2.24) is 0 Å². The molecule has 0 amide bonds. The van der Waals surface area contributed by atoms with Gasteiger partial charge < -0.3 is 0 Å². The minimum Gasteiger partial charge on any atom is -0.276 e. The lowest BCUT2D eigenvalue weighted by atomic mass is 9.99. The fourth-order valence-electron chi connectivity index (χ4n) is 1.63. The molecule has 0 bridgehead atoms. The molecular weight excluding hydrogens is 357 g/mol. The molecule has 0 radical (unpaired) electrons. The standard InChI is InChI=1S/C7H7ClF2O2S.C7H5ClO/c1-7(10)3-2-5(9)4-6(7)13(8,11)12;8-7(9)6-4-2-1-3-5-6/h2-4,6H,1H3;1-5H.